The van der Waals surface area contributed by atoms with Gasteiger partial charge in [0.1, 0.15) is 32.7 Å². The number of aromatic nitrogens is 5. The molecule has 0 spiro atoms. The zero-order chi connectivity index (χ0) is 23.9. The molecule has 0 bridgehead atoms. The van der Waals surface area contributed by atoms with E-state index in [0.29, 0.717) is 46.7 Å². The van der Waals surface area contributed by atoms with Crippen LogP contribution in [0.5, 0.6) is 0 Å². The van der Waals surface area contributed by atoms with E-state index in [1.807, 2.05) is 4.90 Å². The third kappa shape index (κ3) is 4.39. The minimum atomic E-state index is -3.24. The molecule has 5 heterocycles. The van der Waals surface area contributed by atoms with Crippen LogP contribution < -0.4 is 0 Å². The fourth-order valence-electron chi connectivity index (χ4n) is 4.36. The van der Waals surface area contributed by atoms with E-state index < -0.39 is 15.7 Å². The van der Waals surface area contributed by atoms with Crippen LogP contribution in [0, 0.1) is 5.82 Å². The minimum Gasteiger partial charge on any atom is -0.337 e. The van der Waals surface area contributed by atoms with Crippen LogP contribution >= 0.6 is 0 Å². The topological polar surface area (TPSA) is 102 Å². The van der Waals surface area contributed by atoms with Gasteiger partial charge in [0.25, 0.3) is 5.91 Å². The Kier molecular flexibility index (Phi) is 5.80. The lowest BCUT2D eigenvalue weighted by Crippen LogP contribution is -2.32. The maximum Gasteiger partial charge on any atom is 0.272 e. The number of aryl methyl sites for hydroxylation is 1. The van der Waals surface area contributed by atoms with Crippen molar-refractivity contribution in [2.24, 2.45) is 0 Å². The Morgan fingerprint density at radius 1 is 1.09 bits per heavy atom. The molecule has 0 N–H and O–H groups in total. The highest BCUT2D eigenvalue weighted by Crippen LogP contribution is 2.29. The summed E-state index contributed by atoms with van der Waals surface area (Å²) in [6, 6.07) is 4.57. The zero-order valence-electron chi connectivity index (χ0n) is 18.8. The van der Waals surface area contributed by atoms with Crippen molar-refractivity contribution in [2.75, 3.05) is 25.1 Å². The summed E-state index contributed by atoms with van der Waals surface area (Å²) >= 11 is 0. The van der Waals surface area contributed by atoms with Gasteiger partial charge in [-0.2, -0.15) is 5.10 Å². The molecule has 0 aliphatic carbocycles. The highest BCUT2D eigenvalue weighted by molar-refractivity contribution is 7.90. The van der Waals surface area contributed by atoms with Gasteiger partial charge in [-0.1, -0.05) is 12.8 Å². The van der Waals surface area contributed by atoms with Crippen molar-refractivity contribution >= 4 is 32.3 Å². The number of fused-ring (bicyclic) bond motifs is 2. The molecule has 0 atom stereocenters. The van der Waals surface area contributed by atoms with Crippen LogP contribution in [0.3, 0.4) is 0 Å². The number of halogens is 1. The monoisotopic (exact) mass is 484 g/mol. The Morgan fingerprint density at radius 3 is 2.59 bits per heavy atom. The molecular formula is C23H25FN6O3S. The number of carbonyl (C=O) groups excluding carboxylic acids is 1. The maximum atomic E-state index is 13.9. The Hall–Kier alpha value is -3.34. The zero-order valence-corrected chi connectivity index (χ0v) is 19.6. The molecule has 0 unspecified atom stereocenters. The van der Waals surface area contributed by atoms with E-state index in [2.05, 4.69) is 15.1 Å². The van der Waals surface area contributed by atoms with Crippen molar-refractivity contribution in [1.29, 1.82) is 0 Å². The molecule has 1 saturated heterocycles. The largest absolute Gasteiger partial charge is 0.337 e. The molecule has 9 nitrogen and oxygen atoms in total. The summed E-state index contributed by atoms with van der Waals surface area (Å²) in [6.45, 7) is 1.51. The first kappa shape index (κ1) is 22.5. The number of rotatable bonds is 5. The molecule has 11 heteroatoms. The second kappa shape index (κ2) is 8.79. The molecule has 178 valence electrons. The van der Waals surface area contributed by atoms with Crippen molar-refractivity contribution in [1.82, 2.24) is 29.0 Å². The standard InChI is InChI=1S/C23H25FN6O3S/c1-34(32,33)11-10-30-19-12-18(23(31)28-8-4-2-3-5-9-28)25-13-17(19)22(27-30)20-14-26-21-7-6-16(24)15-29(20)21/h6-7,12-15H,2-5,8-11H2,1H3. The van der Waals surface area contributed by atoms with E-state index in [1.54, 1.807) is 33.6 Å². The molecule has 4 aromatic rings. The van der Waals surface area contributed by atoms with Crippen molar-refractivity contribution in [3.63, 3.8) is 0 Å². The smallest absolute Gasteiger partial charge is 0.272 e. The summed E-state index contributed by atoms with van der Waals surface area (Å²) in [7, 11) is -3.24. The molecule has 0 radical (unpaired) electrons. The van der Waals surface area contributed by atoms with E-state index in [0.717, 1.165) is 25.7 Å². The maximum absolute atomic E-state index is 13.9. The van der Waals surface area contributed by atoms with Crippen LogP contribution in [0.25, 0.3) is 27.9 Å². The number of sulfone groups is 1. The van der Waals surface area contributed by atoms with Gasteiger partial charge >= 0.3 is 0 Å². The molecule has 1 aliphatic rings. The van der Waals surface area contributed by atoms with Gasteiger partial charge in [-0.05, 0) is 31.0 Å². The van der Waals surface area contributed by atoms with Gasteiger partial charge < -0.3 is 4.90 Å². The Bertz CT molecular complexity index is 1490. The van der Waals surface area contributed by atoms with Crippen molar-refractivity contribution in [2.45, 2.75) is 32.2 Å². The first-order valence-corrected chi connectivity index (χ1v) is 13.3. The molecule has 1 aliphatic heterocycles. The summed E-state index contributed by atoms with van der Waals surface area (Å²) in [4.78, 5) is 23.7. The fourth-order valence-corrected chi connectivity index (χ4v) is 4.87. The quantitative estimate of drug-likeness (QED) is 0.432. The van der Waals surface area contributed by atoms with Crippen LogP contribution in [0.2, 0.25) is 0 Å². The predicted octanol–water partition coefficient (Wildman–Crippen LogP) is 2.95. The van der Waals surface area contributed by atoms with E-state index in [-0.39, 0.29) is 18.2 Å². The van der Waals surface area contributed by atoms with Crippen LogP contribution in [0.1, 0.15) is 36.2 Å². The van der Waals surface area contributed by atoms with Crippen LogP contribution in [-0.4, -0.2) is 68.5 Å². The van der Waals surface area contributed by atoms with Gasteiger partial charge in [-0.15, -0.1) is 0 Å². The predicted molar refractivity (Wildman–Crippen MR) is 126 cm³/mol. The fraction of sp³-hybridized carbons (Fsp3) is 0.391. The number of amides is 1. The third-order valence-corrected chi connectivity index (χ3v) is 7.06. The second-order valence-corrected chi connectivity index (χ2v) is 11.0. The molecule has 4 aromatic heterocycles. The van der Waals surface area contributed by atoms with Crippen molar-refractivity contribution in [3.05, 3.63) is 48.3 Å². The van der Waals surface area contributed by atoms with Crippen LogP contribution in [0.15, 0.2) is 36.8 Å². The lowest BCUT2D eigenvalue weighted by molar-refractivity contribution is 0.0756. The Morgan fingerprint density at radius 2 is 1.85 bits per heavy atom. The van der Waals surface area contributed by atoms with Crippen molar-refractivity contribution < 1.29 is 17.6 Å². The molecule has 34 heavy (non-hydrogen) atoms. The molecule has 0 saturated carbocycles. The van der Waals surface area contributed by atoms with Gasteiger partial charge in [0.15, 0.2) is 0 Å². The normalized spacial score (nSPS) is 15.2. The van der Waals surface area contributed by atoms with E-state index >= 15 is 0 Å². The summed E-state index contributed by atoms with van der Waals surface area (Å²) < 4.78 is 40.8. The first-order chi connectivity index (χ1) is 16.3. The third-order valence-electron chi connectivity index (χ3n) is 6.13. The second-order valence-electron chi connectivity index (χ2n) is 8.71. The first-order valence-electron chi connectivity index (χ1n) is 11.3. The average molecular weight is 485 g/mol. The molecule has 0 aromatic carbocycles. The summed E-state index contributed by atoms with van der Waals surface area (Å²) in [6.07, 6.45) is 9.82. The summed E-state index contributed by atoms with van der Waals surface area (Å²) in [5.74, 6) is -0.669. The van der Waals surface area contributed by atoms with E-state index in [4.69, 9.17) is 0 Å². The molecular weight excluding hydrogens is 459 g/mol. The number of likely N-dealkylation sites (tertiary alicyclic amines) is 1. The van der Waals surface area contributed by atoms with Crippen molar-refractivity contribution in [3.8, 4) is 11.4 Å². The van der Waals surface area contributed by atoms with Gasteiger partial charge in [0.05, 0.1) is 29.7 Å². The lowest BCUT2D eigenvalue weighted by Gasteiger charge is -2.19. The SMILES string of the molecule is CS(=O)(=O)CCn1nc(-c2cnc3ccc(F)cn23)c2cnc(C(=O)N3CCCCCC3)cc21. The number of hydrogen-bond acceptors (Lipinski definition) is 6. The summed E-state index contributed by atoms with van der Waals surface area (Å²) in [5.41, 5.74) is 2.48. The van der Waals surface area contributed by atoms with Gasteiger partial charge in [-0.25, -0.2) is 17.8 Å². The van der Waals surface area contributed by atoms with E-state index in [1.165, 1.54) is 18.5 Å². The number of carbonyl (C=O) groups is 1. The number of nitrogens with zero attached hydrogens (tertiary/aromatic N) is 6. The summed E-state index contributed by atoms with van der Waals surface area (Å²) in [5, 5.41) is 5.28. The lowest BCUT2D eigenvalue weighted by atomic mass is 10.2. The number of hydrogen-bond donors (Lipinski definition) is 0. The van der Waals surface area contributed by atoms with Gasteiger partial charge in [0, 0.05) is 37.1 Å². The Labute approximate surface area is 196 Å². The highest BCUT2D eigenvalue weighted by Gasteiger charge is 2.22. The highest BCUT2D eigenvalue weighted by atomic mass is 32.2. The minimum absolute atomic E-state index is 0.108. The van der Waals surface area contributed by atoms with Crippen LogP contribution in [-0.2, 0) is 16.4 Å². The van der Waals surface area contributed by atoms with Gasteiger partial charge in [-0.3, -0.25) is 18.9 Å². The molecule has 1 amide bonds. The molecule has 5 rings (SSSR count). The van der Waals surface area contributed by atoms with Gasteiger partial charge in [0.2, 0.25) is 0 Å². The Balaban J connectivity index is 1.62. The van der Waals surface area contributed by atoms with E-state index in [9.17, 15) is 17.6 Å². The molecule has 1 fully saturated rings. The number of pyridine rings is 2. The average Bonchev–Trinajstić information content (AvgIpc) is 3.25. The van der Waals surface area contributed by atoms with Crippen LogP contribution in [0.4, 0.5) is 4.39 Å². The number of imidazole rings is 1.